The molecule has 1 atom stereocenters. The molecule has 0 spiro atoms. The topological polar surface area (TPSA) is 41.5 Å². The monoisotopic (exact) mass is 281 g/mol. The molecule has 1 rings (SSSR count). The van der Waals surface area contributed by atoms with E-state index in [-0.39, 0.29) is 25.7 Å². The van der Waals surface area contributed by atoms with E-state index < -0.39 is 34.6 Å². The molecule has 0 heterocycles. The van der Waals surface area contributed by atoms with Crippen LogP contribution in [0.5, 0.6) is 5.75 Å². The number of halogens is 4. The van der Waals surface area contributed by atoms with Crippen LogP contribution in [-0.2, 0) is 0 Å². The highest BCUT2D eigenvalue weighted by Gasteiger charge is 2.23. The van der Waals surface area contributed by atoms with Crippen LogP contribution in [0.15, 0.2) is 6.07 Å². The van der Waals surface area contributed by atoms with Crippen molar-refractivity contribution in [1.29, 1.82) is 0 Å². The quantitative estimate of drug-likeness (QED) is 0.619. The molecule has 0 fully saturated rings. The van der Waals surface area contributed by atoms with Crippen molar-refractivity contribution in [2.24, 2.45) is 0 Å². The van der Waals surface area contributed by atoms with Crippen molar-refractivity contribution in [3.8, 4) is 5.75 Å². The fourth-order valence-corrected chi connectivity index (χ4v) is 1.34. The van der Waals surface area contributed by atoms with E-state index in [0.717, 1.165) is 0 Å². The van der Waals surface area contributed by atoms with Crippen LogP contribution in [0.3, 0.4) is 0 Å². The van der Waals surface area contributed by atoms with Crippen molar-refractivity contribution in [3.05, 3.63) is 29.3 Å². The normalized spacial score (nSPS) is 14.3. The molecule has 0 amide bonds. The van der Waals surface area contributed by atoms with Gasteiger partial charge in [-0.3, -0.25) is 0 Å². The van der Waals surface area contributed by atoms with Crippen LogP contribution in [-0.4, -0.2) is 30.9 Å². The third kappa shape index (κ3) is 3.57. The first-order valence-electron chi connectivity index (χ1n) is 5.60. The van der Waals surface area contributed by atoms with Gasteiger partial charge < -0.3 is 15.2 Å². The van der Waals surface area contributed by atoms with Crippen molar-refractivity contribution in [3.63, 3.8) is 0 Å². The van der Waals surface area contributed by atoms with Crippen molar-refractivity contribution >= 4 is 0 Å². The number of hydrogen-bond acceptors (Lipinski definition) is 3. The van der Waals surface area contributed by atoms with E-state index in [0.29, 0.717) is 0 Å². The molecule has 0 aliphatic carbocycles. The van der Waals surface area contributed by atoms with Crippen LogP contribution in [0, 0.1) is 23.3 Å². The van der Waals surface area contributed by atoms with Gasteiger partial charge in [-0.15, -0.1) is 0 Å². The van der Waals surface area contributed by atoms with E-state index in [1.54, 1.807) is 14.0 Å². The molecule has 0 saturated carbocycles. The van der Waals surface area contributed by atoms with Crippen LogP contribution in [0.4, 0.5) is 17.6 Å². The van der Waals surface area contributed by atoms with Gasteiger partial charge in [-0.05, 0) is 14.0 Å². The van der Waals surface area contributed by atoms with E-state index in [2.05, 4.69) is 5.32 Å². The fourth-order valence-electron chi connectivity index (χ4n) is 1.34. The lowest BCUT2D eigenvalue weighted by atomic mass is 10.0. The third-order valence-electron chi connectivity index (χ3n) is 2.92. The summed E-state index contributed by atoms with van der Waals surface area (Å²) < 4.78 is 57.1. The Bertz CT molecular complexity index is 424. The number of likely N-dealkylation sites (N-methyl/N-ethyl adjacent to an activating group) is 1. The van der Waals surface area contributed by atoms with Gasteiger partial charge in [0.2, 0.25) is 11.6 Å². The maximum atomic E-state index is 13.3. The molecule has 19 heavy (non-hydrogen) atoms. The first-order chi connectivity index (χ1) is 8.84. The van der Waals surface area contributed by atoms with Gasteiger partial charge in [0.05, 0.1) is 13.2 Å². The average molecular weight is 281 g/mol. The van der Waals surface area contributed by atoms with Crippen LogP contribution < -0.4 is 10.1 Å². The van der Waals surface area contributed by atoms with Crippen LogP contribution in [0.2, 0.25) is 0 Å². The highest BCUT2D eigenvalue weighted by atomic mass is 19.2. The number of hydrogen-bond donors (Lipinski definition) is 2. The van der Waals surface area contributed by atoms with Gasteiger partial charge >= 0.3 is 0 Å². The number of benzene rings is 1. The third-order valence-corrected chi connectivity index (χ3v) is 2.92. The summed E-state index contributed by atoms with van der Waals surface area (Å²) in [7, 11) is 1.60. The van der Waals surface area contributed by atoms with E-state index in [4.69, 9.17) is 9.84 Å². The molecule has 1 aromatic rings. The SMILES string of the molecule is CNC(C)(CO)CCOc1c(F)c(F)cc(F)c1F. The summed E-state index contributed by atoms with van der Waals surface area (Å²) in [5, 5.41) is 11.9. The second-order valence-electron chi connectivity index (χ2n) is 4.36. The Morgan fingerprint density at radius 2 is 1.74 bits per heavy atom. The molecular weight excluding hydrogens is 266 g/mol. The number of aliphatic hydroxyl groups is 1. The minimum Gasteiger partial charge on any atom is -0.487 e. The standard InChI is InChI=1S/C12H15F4NO2/c1-12(6-18,17-2)3-4-19-11-9(15)7(13)5-8(14)10(11)16/h5,17-18H,3-4,6H2,1-2H3. The summed E-state index contributed by atoms with van der Waals surface area (Å²) in [5.41, 5.74) is -0.710. The summed E-state index contributed by atoms with van der Waals surface area (Å²) in [5.74, 6) is -7.28. The summed E-state index contributed by atoms with van der Waals surface area (Å²) >= 11 is 0. The van der Waals surface area contributed by atoms with Gasteiger partial charge in [-0.1, -0.05) is 0 Å². The van der Waals surface area contributed by atoms with Crippen LogP contribution in [0.1, 0.15) is 13.3 Å². The zero-order chi connectivity index (χ0) is 14.6. The number of ether oxygens (including phenoxy) is 1. The van der Waals surface area contributed by atoms with Gasteiger partial charge in [0.1, 0.15) is 0 Å². The Balaban J connectivity index is 2.79. The molecule has 0 aromatic heterocycles. The molecule has 2 N–H and O–H groups in total. The molecule has 0 radical (unpaired) electrons. The predicted octanol–water partition coefficient (Wildman–Crippen LogP) is 1.98. The Hall–Kier alpha value is -1.34. The van der Waals surface area contributed by atoms with Gasteiger partial charge in [-0.2, -0.15) is 8.78 Å². The second-order valence-corrected chi connectivity index (χ2v) is 4.36. The lowest BCUT2D eigenvalue weighted by Crippen LogP contribution is -2.44. The summed E-state index contributed by atoms with van der Waals surface area (Å²) in [4.78, 5) is 0. The van der Waals surface area contributed by atoms with Crippen molar-refractivity contribution in [1.82, 2.24) is 5.32 Å². The highest BCUT2D eigenvalue weighted by molar-refractivity contribution is 5.28. The van der Waals surface area contributed by atoms with E-state index in [9.17, 15) is 17.6 Å². The Morgan fingerprint density at radius 3 is 2.16 bits per heavy atom. The fraction of sp³-hybridized carbons (Fsp3) is 0.500. The Morgan fingerprint density at radius 1 is 1.21 bits per heavy atom. The summed E-state index contributed by atoms with van der Waals surface area (Å²) in [6, 6.07) is 0.114. The van der Waals surface area contributed by atoms with Gasteiger partial charge in [0.15, 0.2) is 17.4 Å². The molecule has 108 valence electrons. The molecule has 0 aliphatic heterocycles. The Kier molecular flexibility index (Phi) is 5.13. The van der Waals surface area contributed by atoms with Gasteiger partial charge in [-0.25, -0.2) is 8.78 Å². The molecule has 0 bridgehead atoms. The molecule has 1 aromatic carbocycles. The minimum atomic E-state index is -1.57. The average Bonchev–Trinajstić information content (AvgIpc) is 2.40. The first kappa shape index (κ1) is 15.7. The lowest BCUT2D eigenvalue weighted by Gasteiger charge is -2.26. The number of nitrogens with one attached hydrogen (secondary N) is 1. The Labute approximate surface area is 108 Å². The maximum Gasteiger partial charge on any atom is 0.203 e. The van der Waals surface area contributed by atoms with E-state index in [1.807, 2.05) is 0 Å². The molecule has 0 aliphatic rings. The lowest BCUT2D eigenvalue weighted by molar-refractivity contribution is 0.147. The van der Waals surface area contributed by atoms with Crippen molar-refractivity contribution in [2.45, 2.75) is 18.9 Å². The van der Waals surface area contributed by atoms with Crippen molar-refractivity contribution in [2.75, 3.05) is 20.3 Å². The van der Waals surface area contributed by atoms with Gasteiger partial charge in [0.25, 0.3) is 0 Å². The largest absolute Gasteiger partial charge is 0.487 e. The van der Waals surface area contributed by atoms with Crippen molar-refractivity contribution < 1.29 is 27.4 Å². The molecule has 3 nitrogen and oxygen atoms in total. The zero-order valence-corrected chi connectivity index (χ0v) is 10.6. The van der Waals surface area contributed by atoms with E-state index in [1.165, 1.54) is 0 Å². The van der Waals surface area contributed by atoms with E-state index >= 15 is 0 Å². The number of aliphatic hydroxyl groups excluding tert-OH is 1. The molecule has 7 heteroatoms. The smallest absolute Gasteiger partial charge is 0.203 e. The number of rotatable bonds is 6. The van der Waals surface area contributed by atoms with Crippen LogP contribution in [0.25, 0.3) is 0 Å². The minimum absolute atomic E-state index is 0.114. The molecule has 1 unspecified atom stereocenters. The predicted molar refractivity (Wildman–Crippen MR) is 60.9 cm³/mol. The molecular formula is C12H15F4NO2. The van der Waals surface area contributed by atoms with Crippen LogP contribution >= 0.6 is 0 Å². The summed E-state index contributed by atoms with van der Waals surface area (Å²) in [6.45, 7) is 1.22. The molecule has 0 saturated heterocycles. The summed E-state index contributed by atoms with van der Waals surface area (Å²) in [6.07, 6.45) is 0.191. The first-order valence-corrected chi connectivity index (χ1v) is 5.60. The van der Waals surface area contributed by atoms with Gasteiger partial charge in [0, 0.05) is 18.0 Å². The second kappa shape index (κ2) is 6.21. The highest BCUT2D eigenvalue weighted by Crippen LogP contribution is 2.26. The zero-order valence-electron chi connectivity index (χ0n) is 10.6. The maximum absolute atomic E-state index is 13.3.